The van der Waals surface area contributed by atoms with Crippen molar-refractivity contribution >= 4 is 0 Å². The summed E-state index contributed by atoms with van der Waals surface area (Å²) < 4.78 is 0. The van der Waals surface area contributed by atoms with E-state index in [0.717, 1.165) is 61.2 Å². The van der Waals surface area contributed by atoms with E-state index in [1.807, 2.05) is 11.7 Å². The molecule has 1 heterocycles. The van der Waals surface area contributed by atoms with Gasteiger partial charge in [-0.3, -0.25) is 0 Å². The van der Waals surface area contributed by atoms with E-state index >= 15 is 0 Å². The van der Waals surface area contributed by atoms with Crippen molar-refractivity contribution in [2.45, 2.75) is 111 Å². The Kier molecular flexibility index (Phi) is 5.31. The number of aryl methyl sites for hydroxylation is 1. The molecule has 0 bridgehead atoms. The maximum atomic E-state index is 11.0. The Morgan fingerprint density at radius 3 is 2.52 bits per heavy atom. The van der Waals surface area contributed by atoms with Crippen LogP contribution in [0.3, 0.4) is 0 Å². The SMILES string of the molecule is CC[C@@]1(O)CC[C@@]2(C)[C@H](CC[C@@H]3[C@@H]2CC[C@]2(C)[C@@H]([C@@H](C)Cn4nnc(C)n4)CC[C@@H]32)C1. The summed E-state index contributed by atoms with van der Waals surface area (Å²) >= 11 is 0. The molecule has 5 heteroatoms. The predicted molar refractivity (Wildman–Crippen MR) is 122 cm³/mol. The van der Waals surface area contributed by atoms with Gasteiger partial charge in [-0.1, -0.05) is 27.7 Å². The molecule has 0 spiro atoms. The molecule has 0 radical (unpaired) electrons. The molecule has 174 valence electrons. The van der Waals surface area contributed by atoms with Gasteiger partial charge in [0.25, 0.3) is 0 Å². The highest BCUT2D eigenvalue weighted by molar-refractivity contribution is 5.10. The van der Waals surface area contributed by atoms with Crippen molar-refractivity contribution < 1.29 is 5.11 Å². The van der Waals surface area contributed by atoms with Gasteiger partial charge in [-0.05, 0) is 123 Å². The van der Waals surface area contributed by atoms with Crippen LogP contribution < -0.4 is 0 Å². The molecule has 1 aromatic heterocycles. The van der Waals surface area contributed by atoms with E-state index in [1.54, 1.807) is 0 Å². The number of hydrogen-bond donors (Lipinski definition) is 1. The smallest absolute Gasteiger partial charge is 0.171 e. The van der Waals surface area contributed by atoms with E-state index in [2.05, 4.69) is 43.1 Å². The monoisotopic (exact) mass is 428 g/mol. The van der Waals surface area contributed by atoms with Crippen molar-refractivity contribution in [3.05, 3.63) is 5.82 Å². The molecular weight excluding hydrogens is 384 g/mol. The van der Waals surface area contributed by atoms with Crippen LogP contribution in [0.5, 0.6) is 0 Å². The van der Waals surface area contributed by atoms with Gasteiger partial charge in [-0.2, -0.15) is 4.80 Å². The number of fused-ring (bicyclic) bond motifs is 5. The molecule has 5 rings (SSSR count). The fourth-order valence-corrected chi connectivity index (χ4v) is 9.40. The fourth-order valence-electron chi connectivity index (χ4n) is 9.40. The van der Waals surface area contributed by atoms with E-state index in [9.17, 15) is 5.11 Å². The molecule has 1 aromatic rings. The lowest BCUT2D eigenvalue weighted by Crippen LogP contribution is -2.56. The third kappa shape index (κ3) is 3.40. The minimum Gasteiger partial charge on any atom is -0.390 e. The average molecular weight is 429 g/mol. The van der Waals surface area contributed by atoms with Crippen LogP contribution >= 0.6 is 0 Å². The second-order valence-electron chi connectivity index (χ2n) is 12.5. The first kappa shape index (κ1) is 21.9. The molecule has 5 nitrogen and oxygen atoms in total. The van der Waals surface area contributed by atoms with Crippen molar-refractivity contribution in [1.29, 1.82) is 0 Å². The lowest BCUT2D eigenvalue weighted by atomic mass is 9.43. The second kappa shape index (κ2) is 7.53. The minimum absolute atomic E-state index is 0.387. The summed E-state index contributed by atoms with van der Waals surface area (Å²) in [4.78, 5) is 1.82. The average Bonchev–Trinajstić information content (AvgIpc) is 3.31. The van der Waals surface area contributed by atoms with E-state index in [-0.39, 0.29) is 5.60 Å². The molecule has 0 amide bonds. The second-order valence-corrected chi connectivity index (χ2v) is 12.5. The van der Waals surface area contributed by atoms with Gasteiger partial charge in [0.2, 0.25) is 0 Å². The number of hydrogen-bond acceptors (Lipinski definition) is 4. The van der Waals surface area contributed by atoms with Crippen LogP contribution in [0, 0.1) is 53.3 Å². The van der Waals surface area contributed by atoms with Crippen LogP contribution in [0.4, 0.5) is 0 Å². The van der Waals surface area contributed by atoms with Crippen LogP contribution in [0.1, 0.15) is 97.7 Å². The Morgan fingerprint density at radius 1 is 1.03 bits per heavy atom. The number of aliphatic hydroxyl groups is 1. The largest absolute Gasteiger partial charge is 0.390 e. The quantitative estimate of drug-likeness (QED) is 0.696. The summed E-state index contributed by atoms with van der Waals surface area (Å²) in [5.74, 6) is 5.53. The molecule has 0 unspecified atom stereocenters. The minimum atomic E-state index is -0.387. The lowest BCUT2D eigenvalue weighted by Gasteiger charge is -2.62. The van der Waals surface area contributed by atoms with Gasteiger partial charge in [-0.25, -0.2) is 0 Å². The maximum absolute atomic E-state index is 11.0. The van der Waals surface area contributed by atoms with Crippen LogP contribution in [0.15, 0.2) is 0 Å². The maximum Gasteiger partial charge on any atom is 0.171 e. The van der Waals surface area contributed by atoms with E-state index in [0.29, 0.717) is 16.7 Å². The molecule has 4 aliphatic carbocycles. The van der Waals surface area contributed by atoms with Gasteiger partial charge < -0.3 is 5.11 Å². The Labute approximate surface area is 188 Å². The molecule has 0 aromatic carbocycles. The number of tetrazole rings is 1. The highest BCUT2D eigenvalue weighted by atomic mass is 16.3. The van der Waals surface area contributed by atoms with E-state index in [1.165, 1.54) is 44.9 Å². The lowest BCUT2D eigenvalue weighted by molar-refractivity contribution is -0.152. The van der Waals surface area contributed by atoms with Gasteiger partial charge in [0.05, 0.1) is 12.1 Å². The summed E-state index contributed by atoms with van der Waals surface area (Å²) in [6.45, 7) is 12.7. The highest BCUT2D eigenvalue weighted by Crippen LogP contribution is 2.68. The van der Waals surface area contributed by atoms with Crippen LogP contribution in [0.2, 0.25) is 0 Å². The molecule has 4 aliphatic rings. The molecule has 4 saturated carbocycles. The van der Waals surface area contributed by atoms with E-state index in [4.69, 9.17) is 0 Å². The van der Waals surface area contributed by atoms with Gasteiger partial charge >= 0.3 is 0 Å². The normalized spacial score (nSPS) is 48.0. The van der Waals surface area contributed by atoms with Crippen LogP contribution in [0.25, 0.3) is 0 Å². The molecule has 1 N–H and O–H groups in total. The van der Waals surface area contributed by atoms with Crippen molar-refractivity contribution in [2.24, 2.45) is 46.3 Å². The molecule has 4 fully saturated rings. The van der Waals surface area contributed by atoms with Gasteiger partial charge in [-0.15, -0.1) is 10.2 Å². The molecule has 0 aliphatic heterocycles. The van der Waals surface area contributed by atoms with Crippen molar-refractivity contribution in [2.75, 3.05) is 0 Å². The Hall–Kier alpha value is -0.970. The van der Waals surface area contributed by atoms with Gasteiger partial charge in [0.1, 0.15) is 0 Å². The molecular formula is C26H44N4O. The number of aromatic nitrogens is 4. The first-order valence-electron chi connectivity index (χ1n) is 13.2. The fraction of sp³-hybridized carbons (Fsp3) is 0.962. The predicted octanol–water partition coefficient (Wildman–Crippen LogP) is 5.42. The van der Waals surface area contributed by atoms with Gasteiger partial charge in [0.15, 0.2) is 5.82 Å². The molecule has 9 atom stereocenters. The first-order valence-corrected chi connectivity index (χ1v) is 13.2. The Balaban J connectivity index is 1.33. The summed E-state index contributed by atoms with van der Waals surface area (Å²) in [5.41, 5.74) is 0.539. The summed E-state index contributed by atoms with van der Waals surface area (Å²) in [7, 11) is 0. The third-order valence-electron chi connectivity index (χ3n) is 11.2. The first-order chi connectivity index (χ1) is 14.7. The summed E-state index contributed by atoms with van der Waals surface area (Å²) in [6.07, 6.45) is 12.5. The third-order valence-corrected chi connectivity index (χ3v) is 11.2. The highest BCUT2D eigenvalue weighted by Gasteiger charge is 2.61. The number of rotatable bonds is 4. The standard InChI is InChI=1S/C26H44N4O/c1-6-26(31)14-13-24(4)19(15-26)7-8-20-22-10-9-21(25(22,5)12-11-23(20)24)17(2)16-30-28-18(3)27-29-30/h17,19-23,31H,6-16H2,1-5H3/t17-,19+,20-,21+,22-,23-,24-,25+,26+/m0/s1. The Morgan fingerprint density at radius 2 is 1.81 bits per heavy atom. The molecule has 31 heavy (non-hydrogen) atoms. The zero-order valence-corrected chi connectivity index (χ0v) is 20.5. The molecule has 0 saturated heterocycles. The summed E-state index contributed by atoms with van der Waals surface area (Å²) in [5, 5.41) is 23.8. The van der Waals surface area contributed by atoms with E-state index < -0.39 is 0 Å². The Bertz CT molecular complexity index is 809. The zero-order valence-electron chi connectivity index (χ0n) is 20.5. The zero-order chi connectivity index (χ0) is 22.0. The topological polar surface area (TPSA) is 63.8 Å². The summed E-state index contributed by atoms with van der Waals surface area (Å²) in [6, 6.07) is 0. The van der Waals surface area contributed by atoms with Gasteiger partial charge in [0, 0.05) is 0 Å². The number of nitrogens with zero attached hydrogens (tertiary/aromatic N) is 4. The van der Waals surface area contributed by atoms with Crippen LogP contribution in [-0.2, 0) is 6.54 Å². The van der Waals surface area contributed by atoms with Crippen molar-refractivity contribution in [1.82, 2.24) is 20.2 Å². The van der Waals surface area contributed by atoms with Crippen molar-refractivity contribution in [3.63, 3.8) is 0 Å². The van der Waals surface area contributed by atoms with Crippen molar-refractivity contribution in [3.8, 4) is 0 Å². The van der Waals surface area contributed by atoms with Crippen LogP contribution in [-0.4, -0.2) is 30.9 Å².